The molecule has 2 fully saturated rings. The predicted octanol–water partition coefficient (Wildman–Crippen LogP) is 3.30. The summed E-state index contributed by atoms with van der Waals surface area (Å²) < 4.78 is 5.40. The van der Waals surface area contributed by atoms with E-state index in [1.807, 2.05) is 48.5 Å². The minimum absolute atomic E-state index is 0.203. The summed E-state index contributed by atoms with van der Waals surface area (Å²) in [5.41, 5.74) is 3.36. The number of benzene rings is 2. The number of carbonyl (C=O) groups is 2. The lowest BCUT2D eigenvalue weighted by Gasteiger charge is -2.54. The number of ether oxygens (including phenoxy) is 1. The van der Waals surface area contributed by atoms with Crippen molar-refractivity contribution >= 4 is 35.0 Å². The molecule has 0 saturated carbocycles. The van der Waals surface area contributed by atoms with Crippen molar-refractivity contribution in [1.82, 2.24) is 9.80 Å². The fourth-order valence-electron chi connectivity index (χ4n) is 6.22. The molecule has 2 amide bonds. The van der Waals surface area contributed by atoms with E-state index in [-0.39, 0.29) is 11.8 Å². The Kier molecular flexibility index (Phi) is 4.71. The van der Waals surface area contributed by atoms with Gasteiger partial charge in [-0.25, -0.2) is 0 Å². The van der Waals surface area contributed by atoms with Gasteiger partial charge in [0.2, 0.25) is 11.8 Å². The van der Waals surface area contributed by atoms with Crippen LogP contribution in [0.5, 0.6) is 0 Å². The highest BCUT2D eigenvalue weighted by Gasteiger charge is 2.72. The Labute approximate surface area is 197 Å². The van der Waals surface area contributed by atoms with Crippen LogP contribution in [0.1, 0.15) is 28.7 Å². The molecule has 0 spiro atoms. The number of halogens is 2. The van der Waals surface area contributed by atoms with E-state index in [1.54, 1.807) is 0 Å². The third-order valence-electron chi connectivity index (χ3n) is 7.64. The standard InChI is InChI=1S/C25H24Cl2N2O3/c26-24-16-6-1-2-7-17(16)25(27,19-9-4-3-8-18(19)24)21-20(24)22(30)29(23(21)31)11-5-10-28-12-14-32-15-13-28/h1-4,6-9,20-21H,5,10-15H2/t20-,21+,24?,25?. The van der Waals surface area contributed by atoms with Crippen LogP contribution in [0.15, 0.2) is 48.5 Å². The van der Waals surface area contributed by atoms with Gasteiger partial charge in [-0.1, -0.05) is 48.5 Å². The summed E-state index contributed by atoms with van der Waals surface area (Å²) in [6.45, 7) is 4.43. The van der Waals surface area contributed by atoms with Crippen LogP contribution in [0.3, 0.4) is 0 Å². The Balaban J connectivity index is 1.39. The average molecular weight is 471 g/mol. The molecule has 2 aromatic rings. The van der Waals surface area contributed by atoms with Crippen LogP contribution >= 0.6 is 23.2 Å². The van der Waals surface area contributed by atoms with E-state index in [0.717, 1.165) is 61.5 Å². The molecule has 0 unspecified atom stereocenters. The molecule has 3 aliphatic carbocycles. The first-order valence-corrected chi connectivity index (χ1v) is 12.0. The third-order valence-corrected chi connectivity index (χ3v) is 8.92. The maximum absolute atomic E-state index is 13.7. The number of nitrogens with zero attached hydrogens (tertiary/aromatic N) is 2. The number of alkyl halides is 2. The Morgan fingerprint density at radius 3 is 1.66 bits per heavy atom. The van der Waals surface area contributed by atoms with Crippen molar-refractivity contribution in [2.75, 3.05) is 39.4 Å². The van der Waals surface area contributed by atoms with Gasteiger partial charge in [0.1, 0.15) is 9.75 Å². The summed E-state index contributed by atoms with van der Waals surface area (Å²) in [4.78, 5) is 29.0. The molecule has 0 aromatic heterocycles. The first-order chi connectivity index (χ1) is 15.5. The average Bonchev–Trinajstić information content (AvgIpc) is 3.09. The zero-order chi connectivity index (χ0) is 22.1. The van der Waals surface area contributed by atoms with Gasteiger partial charge < -0.3 is 4.74 Å². The van der Waals surface area contributed by atoms with Gasteiger partial charge in [-0.15, -0.1) is 23.2 Å². The van der Waals surface area contributed by atoms with Gasteiger partial charge in [0, 0.05) is 26.2 Å². The van der Waals surface area contributed by atoms with E-state index in [1.165, 1.54) is 4.90 Å². The molecule has 0 radical (unpaired) electrons. The summed E-state index contributed by atoms with van der Waals surface area (Å²) in [5.74, 6) is -1.82. The molecule has 166 valence electrons. The SMILES string of the molecule is O=C1[C@@H]2[C@H](C(=O)N1CCCN1CCOCC1)C1(Cl)c3ccccc3C2(Cl)c2ccccc21. The van der Waals surface area contributed by atoms with Crippen molar-refractivity contribution in [3.05, 3.63) is 70.8 Å². The number of imide groups is 1. The number of hydrogen-bond acceptors (Lipinski definition) is 4. The van der Waals surface area contributed by atoms with Crippen LogP contribution < -0.4 is 0 Å². The number of amides is 2. The monoisotopic (exact) mass is 470 g/mol. The van der Waals surface area contributed by atoms with E-state index in [9.17, 15) is 9.59 Å². The maximum Gasteiger partial charge on any atom is 0.235 e. The quantitative estimate of drug-likeness (QED) is 0.508. The van der Waals surface area contributed by atoms with Gasteiger partial charge >= 0.3 is 0 Å². The number of hydrogen-bond donors (Lipinski definition) is 0. The number of likely N-dealkylation sites (tertiary alicyclic amines) is 1. The van der Waals surface area contributed by atoms with Gasteiger partial charge in [-0.2, -0.15) is 0 Å². The second-order valence-corrected chi connectivity index (χ2v) is 10.3. The van der Waals surface area contributed by atoms with Crippen LogP contribution in [0.4, 0.5) is 0 Å². The van der Waals surface area contributed by atoms with Crippen molar-refractivity contribution in [2.24, 2.45) is 11.8 Å². The molecule has 32 heavy (non-hydrogen) atoms. The van der Waals surface area contributed by atoms with Crippen molar-refractivity contribution in [3.8, 4) is 0 Å². The highest BCUT2D eigenvalue weighted by molar-refractivity contribution is 6.35. The summed E-state index contributed by atoms with van der Waals surface area (Å²) in [6, 6.07) is 15.5. The van der Waals surface area contributed by atoms with Crippen LogP contribution in [-0.4, -0.2) is 61.0 Å². The molecular weight excluding hydrogens is 447 g/mol. The van der Waals surface area contributed by atoms with Crippen molar-refractivity contribution < 1.29 is 14.3 Å². The first kappa shape index (κ1) is 20.7. The molecule has 5 aliphatic rings. The van der Waals surface area contributed by atoms with E-state index >= 15 is 0 Å². The lowest BCUT2D eigenvalue weighted by Crippen LogP contribution is -2.57. The molecular formula is C25H24Cl2N2O3. The summed E-state index contributed by atoms with van der Waals surface area (Å²) in [5, 5.41) is 0. The number of rotatable bonds is 4. The van der Waals surface area contributed by atoms with E-state index in [0.29, 0.717) is 6.54 Å². The normalized spacial score (nSPS) is 33.2. The number of carbonyl (C=O) groups excluding carboxylic acids is 2. The van der Waals surface area contributed by atoms with Crippen molar-refractivity contribution in [2.45, 2.75) is 16.2 Å². The fourth-order valence-corrected chi connectivity index (χ4v) is 7.32. The second kappa shape index (κ2) is 7.29. The number of morpholine rings is 1. The lowest BCUT2D eigenvalue weighted by molar-refractivity contribution is -0.140. The smallest absolute Gasteiger partial charge is 0.235 e. The van der Waals surface area contributed by atoms with Crippen molar-refractivity contribution in [3.63, 3.8) is 0 Å². The Bertz CT molecular complexity index is 992. The molecule has 2 aliphatic heterocycles. The fraction of sp³-hybridized carbons (Fsp3) is 0.440. The van der Waals surface area contributed by atoms with Gasteiger partial charge in [0.15, 0.2) is 0 Å². The highest BCUT2D eigenvalue weighted by atomic mass is 35.5. The van der Waals surface area contributed by atoms with E-state index in [2.05, 4.69) is 4.90 Å². The molecule has 7 heteroatoms. The molecule has 7 rings (SSSR count). The first-order valence-electron chi connectivity index (χ1n) is 11.2. The van der Waals surface area contributed by atoms with Crippen LogP contribution in [0.2, 0.25) is 0 Å². The topological polar surface area (TPSA) is 49.9 Å². The van der Waals surface area contributed by atoms with Crippen molar-refractivity contribution in [1.29, 1.82) is 0 Å². The minimum atomic E-state index is -1.10. The summed E-state index contributed by atoms with van der Waals surface area (Å²) in [6.07, 6.45) is 0.724. The largest absolute Gasteiger partial charge is 0.379 e. The highest BCUT2D eigenvalue weighted by Crippen LogP contribution is 2.69. The molecule has 2 saturated heterocycles. The Morgan fingerprint density at radius 2 is 1.22 bits per heavy atom. The molecule has 2 bridgehead atoms. The van der Waals surface area contributed by atoms with Gasteiger partial charge in [0.05, 0.1) is 25.0 Å². The summed E-state index contributed by atoms with van der Waals surface area (Å²) >= 11 is 14.8. The van der Waals surface area contributed by atoms with E-state index in [4.69, 9.17) is 27.9 Å². The van der Waals surface area contributed by atoms with E-state index < -0.39 is 21.6 Å². The third kappa shape index (κ3) is 2.54. The lowest BCUT2D eigenvalue weighted by atomic mass is 9.54. The van der Waals surface area contributed by atoms with Crippen LogP contribution in [-0.2, 0) is 24.1 Å². The molecule has 2 aromatic carbocycles. The molecule has 0 N–H and O–H groups in total. The van der Waals surface area contributed by atoms with Crippen LogP contribution in [0.25, 0.3) is 0 Å². The predicted molar refractivity (Wildman–Crippen MR) is 122 cm³/mol. The summed E-state index contributed by atoms with van der Waals surface area (Å²) in [7, 11) is 0. The zero-order valence-corrected chi connectivity index (χ0v) is 19.1. The maximum atomic E-state index is 13.7. The second-order valence-electron chi connectivity index (χ2n) is 9.11. The zero-order valence-electron chi connectivity index (χ0n) is 17.6. The molecule has 2 atom stereocenters. The van der Waals surface area contributed by atoms with Gasteiger partial charge in [0.25, 0.3) is 0 Å². The Morgan fingerprint density at radius 1 is 0.781 bits per heavy atom. The Hall–Kier alpha value is -1.92. The molecule has 5 nitrogen and oxygen atoms in total. The minimum Gasteiger partial charge on any atom is -0.379 e. The van der Waals surface area contributed by atoms with Gasteiger partial charge in [-0.05, 0) is 28.7 Å². The molecule has 2 heterocycles. The van der Waals surface area contributed by atoms with Crippen LogP contribution in [0, 0.1) is 11.8 Å². The van der Waals surface area contributed by atoms with Gasteiger partial charge in [-0.3, -0.25) is 19.4 Å².